The van der Waals surface area contributed by atoms with Crippen LogP contribution in [0.4, 0.5) is 33.4 Å². The molecule has 0 aliphatic carbocycles. The summed E-state index contributed by atoms with van der Waals surface area (Å²) >= 11 is 0. The van der Waals surface area contributed by atoms with Crippen LogP contribution in [0.15, 0.2) is 110 Å². The molecular formula is C60H67N13O13. The molecule has 2 aliphatic rings. The van der Waals surface area contributed by atoms with Crippen molar-refractivity contribution in [2.75, 3.05) is 53.5 Å². The van der Waals surface area contributed by atoms with Gasteiger partial charge in [-0.15, -0.1) is 0 Å². The summed E-state index contributed by atoms with van der Waals surface area (Å²) in [5.74, 6) is -2.46. The number of fused-ring (bicyclic) bond motifs is 3. The van der Waals surface area contributed by atoms with Crippen molar-refractivity contribution in [1.82, 2.24) is 33.5 Å². The number of nitrogens with two attached hydrogens (primary N) is 1. The first-order valence-corrected chi connectivity index (χ1v) is 27.4. The fraction of sp³-hybridized carbons (Fsp3) is 0.317. The minimum absolute atomic E-state index is 0.0133. The zero-order valence-corrected chi connectivity index (χ0v) is 48.6. The minimum Gasteiger partial charge on any atom is -0.497 e. The number of aromatic nitrogens is 5. The topological polar surface area (TPSA) is 319 Å². The quantitative estimate of drug-likeness (QED) is 0.0354. The number of nitrogens with one attached hydrogen (secondary N) is 5. The molecule has 86 heavy (non-hydrogen) atoms. The molecule has 1 fully saturated rings. The summed E-state index contributed by atoms with van der Waals surface area (Å²) in [5.41, 5.74) is 9.43. The Morgan fingerprint density at radius 1 is 0.779 bits per heavy atom. The van der Waals surface area contributed by atoms with E-state index in [2.05, 4.69) is 38.1 Å². The number of rotatable bonds is 20. The monoisotopic (exact) mass is 1180 g/mol. The smallest absolute Gasteiger partial charge is 0.416 e. The number of imidazole rings is 1. The van der Waals surface area contributed by atoms with Crippen LogP contribution in [0, 0.1) is 5.92 Å². The molecule has 6 heterocycles. The van der Waals surface area contributed by atoms with Crippen LogP contribution in [0.2, 0.25) is 0 Å². The van der Waals surface area contributed by atoms with Crippen molar-refractivity contribution < 1.29 is 62.4 Å². The molecule has 7 aromatic rings. The van der Waals surface area contributed by atoms with E-state index in [1.807, 2.05) is 12.1 Å². The van der Waals surface area contributed by atoms with Gasteiger partial charge in [-0.2, -0.15) is 0 Å². The predicted octanol–water partition coefficient (Wildman–Crippen LogP) is 5.73. The lowest BCUT2D eigenvalue weighted by molar-refractivity contribution is -0.127. The summed E-state index contributed by atoms with van der Waals surface area (Å²) in [5, 5.41) is 26.3. The first-order chi connectivity index (χ1) is 41.0. The highest BCUT2D eigenvalue weighted by Gasteiger charge is 2.46. The molecule has 0 saturated carbocycles. The van der Waals surface area contributed by atoms with Crippen LogP contribution >= 0.6 is 0 Å². The molecule has 26 nitrogen and oxygen atoms in total. The van der Waals surface area contributed by atoms with Gasteiger partial charge in [0.2, 0.25) is 23.5 Å². The van der Waals surface area contributed by atoms with Crippen LogP contribution in [-0.4, -0.2) is 132 Å². The molecule has 0 bridgehead atoms. The van der Waals surface area contributed by atoms with Crippen molar-refractivity contribution in [3.05, 3.63) is 138 Å². The Hall–Kier alpha value is -10.2. The van der Waals surface area contributed by atoms with Gasteiger partial charge in [-0.3, -0.25) is 38.1 Å². The highest BCUT2D eigenvalue weighted by atomic mass is 16.6. The van der Waals surface area contributed by atoms with Crippen LogP contribution in [0.5, 0.6) is 17.2 Å². The van der Waals surface area contributed by atoms with Crippen molar-refractivity contribution in [3.63, 3.8) is 0 Å². The Morgan fingerprint density at radius 2 is 1.48 bits per heavy atom. The molecule has 9 rings (SSSR count). The molecule has 3 aromatic carbocycles. The average molecular weight is 1180 g/mol. The first-order valence-electron chi connectivity index (χ1n) is 27.4. The lowest BCUT2D eigenvalue weighted by Crippen LogP contribution is -2.50. The molecule has 7 amide bonds. The highest BCUT2D eigenvalue weighted by molar-refractivity contribution is 6.09. The molecule has 0 radical (unpaired) electrons. The van der Waals surface area contributed by atoms with Gasteiger partial charge in [0.25, 0.3) is 23.6 Å². The Morgan fingerprint density at radius 3 is 2.17 bits per heavy atom. The van der Waals surface area contributed by atoms with E-state index >= 15 is 0 Å². The number of benzene rings is 3. The second kappa shape index (κ2) is 25.3. The lowest BCUT2D eigenvalue weighted by atomic mass is 10.0. The van der Waals surface area contributed by atoms with Crippen molar-refractivity contribution in [3.8, 4) is 17.2 Å². The van der Waals surface area contributed by atoms with E-state index in [0.29, 0.717) is 39.5 Å². The van der Waals surface area contributed by atoms with Gasteiger partial charge in [-0.05, 0) is 85.8 Å². The third-order valence-electron chi connectivity index (χ3n) is 14.7. The maximum absolute atomic E-state index is 14.1. The zero-order valence-electron chi connectivity index (χ0n) is 48.6. The molecule has 1 saturated heterocycles. The van der Waals surface area contributed by atoms with Gasteiger partial charge in [0.1, 0.15) is 29.8 Å². The summed E-state index contributed by atoms with van der Waals surface area (Å²) in [6.07, 6.45) is 4.08. The molecular weight excluding hydrogens is 1110 g/mol. The predicted molar refractivity (Wildman–Crippen MR) is 317 cm³/mol. The third-order valence-corrected chi connectivity index (χ3v) is 14.7. The van der Waals surface area contributed by atoms with Crippen LogP contribution in [-0.2, 0) is 46.9 Å². The molecule has 4 atom stereocenters. The molecule has 450 valence electrons. The number of nitrogens with zero attached hydrogens (tertiary/aromatic N) is 7. The second-order valence-electron chi connectivity index (χ2n) is 21.3. The average Bonchev–Trinajstić information content (AvgIpc) is 1.75. The Balaban J connectivity index is 0.787. The van der Waals surface area contributed by atoms with Crippen molar-refractivity contribution in [2.45, 2.75) is 71.0 Å². The van der Waals surface area contributed by atoms with Gasteiger partial charge in [0.05, 0.1) is 61.1 Å². The van der Waals surface area contributed by atoms with Gasteiger partial charge >= 0.3 is 6.09 Å². The number of hydrogen-bond donors (Lipinski definition) is 7. The SMILES string of the molecule is C=C1C[C@H]2C(O)N(C(=O)OCc3ccc(NC(=O)[C@H](C)NC(=O)[C@@H](N)C(C)C)cc3)c3cc(OCCCC(=O)Nc4cn(C)c(C(=O)Nc5cc(C(=O)Nc6cc(C(=O)n7ccc8cc(OC)ccc87)n(C)c6)n(C)c5)n4)c(OC)cc3C(=O)N2C1. The van der Waals surface area contributed by atoms with E-state index in [9.17, 15) is 43.5 Å². The van der Waals surface area contributed by atoms with E-state index in [1.54, 1.807) is 108 Å². The summed E-state index contributed by atoms with van der Waals surface area (Å²) in [6, 6.07) is 17.0. The number of hydrogen-bond acceptors (Lipinski definition) is 15. The first kappa shape index (κ1) is 60.4. The Bertz CT molecular complexity index is 3820. The van der Waals surface area contributed by atoms with E-state index < -0.39 is 65.9 Å². The van der Waals surface area contributed by atoms with Gasteiger partial charge in [0, 0.05) is 76.0 Å². The number of aryl methyl sites for hydroxylation is 3. The van der Waals surface area contributed by atoms with Gasteiger partial charge < -0.3 is 75.0 Å². The number of aliphatic hydroxyl groups is 1. The van der Waals surface area contributed by atoms with E-state index in [0.717, 1.165) is 10.3 Å². The van der Waals surface area contributed by atoms with Crippen LogP contribution in [0.3, 0.4) is 0 Å². The van der Waals surface area contributed by atoms with Crippen molar-refractivity contribution >= 4 is 86.9 Å². The van der Waals surface area contributed by atoms with Gasteiger partial charge in [-0.1, -0.05) is 38.1 Å². The fourth-order valence-corrected chi connectivity index (χ4v) is 10.0. The number of ether oxygens (including phenoxy) is 4. The third kappa shape index (κ3) is 12.9. The largest absolute Gasteiger partial charge is 0.497 e. The molecule has 1 unspecified atom stereocenters. The summed E-state index contributed by atoms with van der Waals surface area (Å²) in [4.78, 5) is 114. The number of carbonyl (C=O) groups is 8. The molecule has 8 N–H and O–H groups in total. The molecule has 26 heteroatoms. The number of methoxy groups -OCH3 is 2. The molecule has 4 aromatic heterocycles. The minimum atomic E-state index is -1.57. The zero-order chi connectivity index (χ0) is 61.8. The normalized spacial score (nSPS) is 15.3. The van der Waals surface area contributed by atoms with E-state index in [1.165, 1.54) is 57.0 Å². The summed E-state index contributed by atoms with van der Waals surface area (Å²) < 4.78 is 28.9. The lowest BCUT2D eigenvalue weighted by Gasteiger charge is -2.31. The number of aliphatic hydroxyl groups excluding tert-OH is 1. The van der Waals surface area contributed by atoms with Gasteiger partial charge in [-0.25, -0.2) is 14.7 Å². The Kier molecular flexibility index (Phi) is 17.8. The van der Waals surface area contributed by atoms with Crippen LogP contribution in [0.1, 0.15) is 87.6 Å². The molecule has 2 aliphatic heterocycles. The number of anilines is 5. The second-order valence-corrected chi connectivity index (χ2v) is 21.3. The standard InChI is InChI=1S/C60H67N13O13/c1-32(2)51(61)55(77)62-34(4)53(75)63-37-14-12-35(13-15-37)31-86-60(82)73-43-26-48(47(84-9)25-41(43)57(79)72-27-33(3)21-46(72)59(73)81)85-20-10-11-50(74)66-49-30-70(7)52(67-49)56(78)65-38-23-44(68(5)28-38)54(76)64-39-24-45(69(6)29-39)58(80)71-19-18-36-22-40(83-8)16-17-42(36)71/h12-19,22-26,28-30,32,34,46,51,59,81H,3,10-11,20-21,27,31,61H2,1-2,4-9H3,(H,62,77)(H,63,75)(H,64,76)(H,65,78)(H,66,74)/t34-,46-,51-,59?/m0/s1. The van der Waals surface area contributed by atoms with E-state index in [4.69, 9.17) is 24.7 Å². The number of amides is 7. The highest BCUT2D eigenvalue weighted by Crippen LogP contribution is 2.42. The maximum Gasteiger partial charge on any atom is 0.416 e. The molecule has 0 spiro atoms. The number of carbonyl (C=O) groups excluding carboxylic acids is 8. The Labute approximate surface area is 493 Å². The van der Waals surface area contributed by atoms with Crippen LogP contribution in [0.25, 0.3) is 10.9 Å². The summed E-state index contributed by atoms with van der Waals surface area (Å²) in [6.45, 7) is 8.99. The van der Waals surface area contributed by atoms with Crippen LogP contribution < -0.4 is 51.4 Å². The maximum atomic E-state index is 14.1. The van der Waals surface area contributed by atoms with E-state index in [-0.39, 0.29) is 96.6 Å². The fourth-order valence-electron chi connectivity index (χ4n) is 10.0. The van der Waals surface area contributed by atoms with Gasteiger partial charge in [0.15, 0.2) is 23.5 Å². The van der Waals surface area contributed by atoms with Crippen molar-refractivity contribution in [1.29, 1.82) is 0 Å². The van der Waals surface area contributed by atoms with Crippen molar-refractivity contribution in [2.24, 2.45) is 32.8 Å². The summed E-state index contributed by atoms with van der Waals surface area (Å²) in [7, 11) is 7.86.